The van der Waals surface area contributed by atoms with E-state index in [1.54, 1.807) is 0 Å². The topological polar surface area (TPSA) is 38.0 Å². The molecule has 2 heteroatoms. The number of nitrogens with one attached hydrogen (secondary N) is 1. The molecule has 0 saturated heterocycles. The highest BCUT2D eigenvalue weighted by Gasteiger charge is 2.24. The summed E-state index contributed by atoms with van der Waals surface area (Å²) < 4.78 is 0. The highest BCUT2D eigenvalue weighted by molar-refractivity contribution is 5.69. The lowest BCUT2D eigenvalue weighted by Crippen LogP contribution is -2.30. The van der Waals surface area contributed by atoms with Crippen molar-refractivity contribution in [3.8, 4) is 0 Å². The van der Waals surface area contributed by atoms with Gasteiger partial charge in [-0.2, -0.15) is 0 Å². The molecule has 2 nitrogen and oxygen atoms in total. The first-order valence-corrected chi connectivity index (χ1v) is 6.69. The first-order valence-electron chi connectivity index (χ1n) is 6.69. The van der Waals surface area contributed by atoms with Gasteiger partial charge in [0.1, 0.15) is 0 Å². The maximum Gasteiger partial charge on any atom is 0.0579 e. The zero-order valence-electron chi connectivity index (χ0n) is 11.2. The van der Waals surface area contributed by atoms with Crippen LogP contribution in [0, 0.1) is 18.8 Å². The summed E-state index contributed by atoms with van der Waals surface area (Å²) in [7, 11) is 0. The Kier molecular flexibility index (Phi) is 3.60. The van der Waals surface area contributed by atoms with Crippen molar-refractivity contribution in [3.63, 3.8) is 0 Å². The minimum absolute atomic E-state index is 0.588. The first-order chi connectivity index (χ1) is 8.08. The third kappa shape index (κ3) is 2.74. The van der Waals surface area contributed by atoms with Crippen molar-refractivity contribution < 1.29 is 0 Å². The molecule has 1 fully saturated rings. The van der Waals surface area contributed by atoms with Crippen LogP contribution in [-0.4, -0.2) is 6.04 Å². The van der Waals surface area contributed by atoms with Gasteiger partial charge in [-0.1, -0.05) is 26.0 Å². The molecule has 1 saturated carbocycles. The summed E-state index contributed by atoms with van der Waals surface area (Å²) in [6.07, 6.45) is 3.85. The van der Waals surface area contributed by atoms with E-state index in [9.17, 15) is 0 Å². The Morgan fingerprint density at radius 3 is 2.65 bits per heavy atom. The van der Waals surface area contributed by atoms with Gasteiger partial charge in [0.05, 0.1) is 11.4 Å². The van der Waals surface area contributed by atoms with E-state index in [1.807, 2.05) is 0 Å². The number of rotatable bonds is 2. The predicted molar refractivity (Wildman–Crippen MR) is 75.2 cm³/mol. The number of hydrogen-bond acceptors (Lipinski definition) is 2. The Labute approximate surface area is 105 Å². The molecule has 0 heterocycles. The lowest BCUT2D eigenvalue weighted by atomic mass is 9.79. The van der Waals surface area contributed by atoms with E-state index in [0.717, 1.165) is 28.8 Å². The van der Waals surface area contributed by atoms with Crippen molar-refractivity contribution in [2.75, 3.05) is 11.1 Å². The van der Waals surface area contributed by atoms with Gasteiger partial charge in [-0.25, -0.2) is 0 Å². The van der Waals surface area contributed by atoms with Gasteiger partial charge in [0, 0.05) is 6.04 Å². The molecule has 0 aromatic heterocycles. The van der Waals surface area contributed by atoms with Gasteiger partial charge in [0.15, 0.2) is 0 Å². The maximum atomic E-state index is 6.10. The van der Waals surface area contributed by atoms with E-state index in [0.29, 0.717) is 6.04 Å². The third-order valence-corrected chi connectivity index (χ3v) is 4.28. The highest BCUT2D eigenvalue weighted by Crippen LogP contribution is 2.32. The molecule has 3 unspecified atom stereocenters. The quantitative estimate of drug-likeness (QED) is 0.761. The number of para-hydroxylation sites is 1. The number of nitrogens with two attached hydrogens (primary N) is 1. The van der Waals surface area contributed by atoms with E-state index in [-0.39, 0.29) is 0 Å². The van der Waals surface area contributed by atoms with Gasteiger partial charge in [-0.15, -0.1) is 0 Å². The van der Waals surface area contributed by atoms with Crippen molar-refractivity contribution in [1.29, 1.82) is 0 Å². The second kappa shape index (κ2) is 4.99. The Balaban J connectivity index is 2.04. The molecule has 0 aliphatic heterocycles. The van der Waals surface area contributed by atoms with Gasteiger partial charge >= 0.3 is 0 Å². The molecular weight excluding hydrogens is 208 g/mol. The number of nitrogen functional groups attached to an aromatic ring is 1. The van der Waals surface area contributed by atoms with Crippen LogP contribution >= 0.6 is 0 Å². The summed E-state index contributed by atoms with van der Waals surface area (Å²) in [4.78, 5) is 0. The molecule has 0 radical (unpaired) electrons. The molecule has 0 spiro atoms. The summed E-state index contributed by atoms with van der Waals surface area (Å²) in [6.45, 7) is 6.78. The van der Waals surface area contributed by atoms with Crippen LogP contribution in [0.3, 0.4) is 0 Å². The number of benzene rings is 1. The van der Waals surface area contributed by atoms with Crippen LogP contribution in [0.15, 0.2) is 18.2 Å². The van der Waals surface area contributed by atoms with E-state index >= 15 is 0 Å². The first kappa shape index (κ1) is 12.3. The lowest BCUT2D eigenvalue weighted by molar-refractivity contribution is 0.261. The number of hydrogen-bond donors (Lipinski definition) is 2. The summed E-state index contributed by atoms with van der Waals surface area (Å²) in [5, 5.41) is 3.62. The summed E-state index contributed by atoms with van der Waals surface area (Å²) >= 11 is 0. The van der Waals surface area contributed by atoms with Crippen LogP contribution in [0.25, 0.3) is 0 Å². The molecule has 1 aromatic carbocycles. The van der Waals surface area contributed by atoms with Crippen LogP contribution in [0.4, 0.5) is 11.4 Å². The third-order valence-electron chi connectivity index (χ3n) is 4.28. The van der Waals surface area contributed by atoms with Crippen molar-refractivity contribution in [3.05, 3.63) is 23.8 Å². The Bertz CT molecular complexity index is 387. The van der Waals surface area contributed by atoms with Crippen LogP contribution in [0.1, 0.15) is 38.7 Å². The van der Waals surface area contributed by atoms with Crippen LogP contribution in [0.5, 0.6) is 0 Å². The zero-order valence-corrected chi connectivity index (χ0v) is 11.2. The summed E-state index contributed by atoms with van der Waals surface area (Å²) in [6, 6.07) is 6.81. The fraction of sp³-hybridized carbons (Fsp3) is 0.600. The highest BCUT2D eigenvalue weighted by atomic mass is 14.9. The predicted octanol–water partition coefficient (Wildman–Crippen LogP) is 3.81. The Hall–Kier alpha value is -1.18. The summed E-state index contributed by atoms with van der Waals surface area (Å²) in [5.41, 5.74) is 9.27. The molecule has 0 amide bonds. The summed E-state index contributed by atoms with van der Waals surface area (Å²) in [5.74, 6) is 1.68. The van der Waals surface area contributed by atoms with Crippen LogP contribution in [0.2, 0.25) is 0 Å². The Morgan fingerprint density at radius 1 is 1.18 bits per heavy atom. The second-order valence-electron chi connectivity index (χ2n) is 5.65. The van der Waals surface area contributed by atoms with E-state index in [4.69, 9.17) is 5.73 Å². The Morgan fingerprint density at radius 2 is 1.94 bits per heavy atom. The molecule has 1 aromatic rings. The monoisotopic (exact) mass is 232 g/mol. The van der Waals surface area contributed by atoms with Gasteiger partial charge in [0.25, 0.3) is 0 Å². The molecule has 3 atom stereocenters. The zero-order chi connectivity index (χ0) is 12.4. The molecule has 94 valence electrons. The average Bonchev–Trinajstić information content (AvgIpc) is 2.30. The van der Waals surface area contributed by atoms with E-state index in [1.165, 1.54) is 19.3 Å². The van der Waals surface area contributed by atoms with Crippen molar-refractivity contribution in [2.24, 2.45) is 11.8 Å². The maximum absolute atomic E-state index is 6.10. The van der Waals surface area contributed by atoms with Gasteiger partial charge in [-0.3, -0.25) is 0 Å². The van der Waals surface area contributed by atoms with E-state index in [2.05, 4.69) is 44.3 Å². The van der Waals surface area contributed by atoms with Gasteiger partial charge in [0.2, 0.25) is 0 Å². The van der Waals surface area contributed by atoms with Crippen LogP contribution in [-0.2, 0) is 0 Å². The standard InChI is InChI=1S/C15H24N2/c1-10-7-8-13(9-12(10)3)17-14-6-4-5-11(2)15(14)16/h4-6,10,12-13,17H,7-9,16H2,1-3H3. The average molecular weight is 232 g/mol. The van der Waals surface area contributed by atoms with E-state index < -0.39 is 0 Å². The lowest BCUT2D eigenvalue weighted by Gasteiger charge is -2.33. The largest absolute Gasteiger partial charge is 0.397 e. The minimum Gasteiger partial charge on any atom is -0.397 e. The molecule has 1 aliphatic rings. The molecule has 3 N–H and O–H groups in total. The van der Waals surface area contributed by atoms with Crippen LogP contribution < -0.4 is 11.1 Å². The fourth-order valence-corrected chi connectivity index (χ4v) is 2.71. The normalized spacial score (nSPS) is 29.0. The molecular formula is C15H24N2. The molecule has 1 aliphatic carbocycles. The smallest absolute Gasteiger partial charge is 0.0579 e. The van der Waals surface area contributed by atoms with Crippen molar-refractivity contribution in [1.82, 2.24) is 0 Å². The fourth-order valence-electron chi connectivity index (χ4n) is 2.71. The van der Waals surface area contributed by atoms with Crippen molar-refractivity contribution >= 4 is 11.4 Å². The second-order valence-corrected chi connectivity index (χ2v) is 5.65. The van der Waals surface area contributed by atoms with Crippen molar-refractivity contribution in [2.45, 2.75) is 46.1 Å². The van der Waals surface area contributed by atoms with Gasteiger partial charge < -0.3 is 11.1 Å². The van der Waals surface area contributed by atoms with Gasteiger partial charge in [-0.05, 0) is 49.7 Å². The number of anilines is 2. The molecule has 2 rings (SSSR count). The molecule has 17 heavy (non-hydrogen) atoms. The minimum atomic E-state index is 0.588. The number of aryl methyl sites for hydroxylation is 1. The SMILES string of the molecule is Cc1cccc(NC2CCC(C)C(C)C2)c1N. The molecule has 0 bridgehead atoms.